The van der Waals surface area contributed by atoms with Gasteiger partial charge in [-0.2, -0.15) is 0 Å². The molecule has 0 aromatic rings. The van der Waals surface area contributed by atoms with E-state index in [1.165, 1.54) is 23.7 Å². The second-order valence-electron chi connectivity index (χ2n) is 9.64. The summed E-state index contributed by atoms with van der Waals surface area (Å²) in [4.78, 5) is 0. The molecule has 0 spiro atoms. The Morgan fingerprint density at radius 1 is 0.333 bits per heavy atom. The fraction of sp³-hybridized carbons (Fsp3) is 1.00. The van der Waals surface area contributed by atoms with Gasteiger partial charge in [0.25, 0.3) is 0 Å². The molecule has 5 aliphatic rings. The summed E-state index contributed by atoms with van der Waals surface area (Å²) < 4.78 is 0. The highest BCUT2D eigenvalue weighted by molar-refractivity contribution is 5.01. The molecule has 5 rings (SSSR count). The van der Waals surface area contributed by atoms with Crippen LogP contribution in [0.25, 0.3) is 0 Å². The van der Waals surface area contributed by atoms with E-state index >= 15 is 0 Å². The van der Waals surface area contributed by atoms with Crippen molar-refractivity contribution in [3.63, 3.8) is 0 Å². The Morgan fingerprint density at radius 3 is 1.10 bits per heavy atom. The van der Waals surface area contributed by atoms with Gasteiger partial charge in [0, 0.05) is 0 Å². The Hall–Kier alpha value is 0. The summed E-state index contributed by atoms with van der Waals surface area (Å²) in [5, 5.41) is 0. The first-order valence-electron chi connectivity index (χ1n) is 10.4. The summed E-state index contributed by atoms with van der Waals surface area (Å²) in [6.45, 7) is 0. The van der Waals surface area contributed by atoms with Gasteiger partial charge >= 0.3 is 0 Å². The third-order valence-corrected chi connectivity index (χ3v) is 8.86. The van der Waals surface area contributed by atoms with E-state index in [0.29, 0.717) is 0 Å². The van der Waals surface area contributed by atoms with E-state index < -0.39 is 0 Å². The van der Waals surface area contributed by atoms with Crippen LogP contribution < -0.4 is 0 Å². The molecule has 0 aliphatic heterocycles. The fourth-order valence-corrected chi connectivity index (χ4v) is 8.00. The lowest BCUT2D eigenvalue weighted by molar-refractivity contribution is 0.0401. The SMILES string of the molecule is C1CCC2CC3C(CC2C1)CC1CC2CCCCC2CC13. The van der Waals surface area contributed by atoms with Crippen LogP contribution in [0.15, 0.2) is 0 Å². The van der Waals surface area contributed by atoms with Crippen LogP contribution in [0.2, 0.25) is 0 Å². The molecule has 0 heterocycles. The zero-order chi connectivity index (χ0) is 13.8. The summed E-state index contributed by atoms with van der Waals surface area (Å²) in [5.74, 6) is 9.31. The molecular formula is C21H34. The minimum Gasteiger partial charge on any atom is -0.0530 e. The van der Waals surface area contributed by atoms with E-state index in [4.69, 9.17) is 0 Å². The van der Waals surface area contributed by atoms with E-state index in [9.17, 15) is 0 Å². The highest BCUT2D eigenvalue weighted by Crippen LogP contribution is 2.61. The van der Waals surface area contributed by atoms with E-state index in [1.54, 1.807) is 83.5 Å². The van der Waals surface area contributed by atoms with Crippen molar-refractivity contribution in [2.24, 2.45) is 47.3 Å². The molecule has 0 aromatic carbocycles. The van der Waals surface area contributed by atoms with Gasteiger partial charge in [0.2, 0.25) is 0 Å². The average Bonchev–Trinajstić information content (AvgIpc) is 2.87. The normalized spacial score (nSPS) is 56.0. The van der Waals surface area contributed by atoms with Gasteiger partial charge in [-0.3, -0.25) is 0 Å². The van der Waals surface area contributed by atoms with E-state index in [0.717, 1.165) is 23.7 Å². The Labute approximate surface area is 131 Å². The molecule has 0 saturated heterocycles. The van der Waals surface area contributed by atoms with Crippen LogP contribution >= 0.6 is 0 Å². The molecule has 0 radical (unpaired) electrons. The molecule has 0 N–H and O–H groups in total. The van der Waals surface area contributed by atoms with Crippen LogP contribution in [0.3, 0.4) is 0 Å². The predicted molar refractivity (Wildman–Crippen MR) is 87.9 cm³/mol. The van der Waals surface area contributed by atoms with E-state index in [2.05, 4.69) is 0 Å². The van der Waals surface area contributed by atoms with Crippen molar-refractivity contribution in [3.05, 3.63) is 0 Å². The van der Waals surface area contributed by atoms with Crippen LogP contribution in [0.5, 0.6) is 0 Å². The Balaban J connectivity index is 1.34. The number of rotatable bonds is 0. The zero-order valence-corrected chi connectivity index (χ0v) is 13.8. The lowest BCUT2D eigenvalue weighted by atomic mass is 9.59. The third-order valence-electron chi connectivity index (χ3n) is 8.86. The molecule has 0 heteroatoms. The highest BCUT2D eigenvalue weighted by atomic mass is 14.6. The lowest BCUT2D eigenvalue weighted by Crippen LogP contribution is -2.37. The van der Waals surface area contributed by atoms with Crippen molar-refractivity contribution in [2.75, 3.05) is 0 Å². The molecular weight excluding hydrogens is 252 g/mol. The molecule has 0 nitrogen and oxygen atoms in total. The molecule has 8 atom stereocenters. The maximum absolute atomic E-state index is 1.66. The second-order valence-corrected chi connectivity index (χ2v) is 9.64. The van der Waals surface area contributed by atoms with Gasteiger partial charge in [-0.25, -0.2) is 0 Å². The summed E-state index contributed by atoms with van der Waals surface area (Å²) >= 11 is 0. The van der Waals surface area contributed by atoms with Crippen LogP contribution in [-0.4, -0.2) is 0 Å². The van der Waals surface area contributed by atoms with E-state index in [-0.39, 0.29) is 0 Å². The van der Waals surface area contributed by atoms with Gasteiger partial charge in [0.05, 0.1) is 0 Å². The first-order chi connectivity index (χ1) is 10.4. The number of hydrogen-bond acceptors (Lipinski definition) is 0. The first kappa shape index (κ1) is 13.4. The maximum Gasteiger partial charge on any atom is -0.0352 e. The first-order valence-corrected chi connectivity index (χ1v) is 10.4. The molecule has 5 fully saturated rings. The summed E-state index contributed by atoms with van der Waals surface area (Å²) in [6.07, 6.45) is 20.9. The van der Waals surface area contributed by atoms with Crippen molar-refractivity contribution in [3.8, 4) is 0 Å². The molecule has 118 valence electrons. The summed E-state index contributed by atoms with van der Waals surface area (Å²) in [7, 11) is 0. The molecule has 0 aromatic heterocycles. The summed E-state index contributed by atoms with van der Waals surface area (Å²) in [6, 6.07) is 0. The molecule has 0 amide bonds. The van der Waals surface area contributed by atoms with Crippen LogP contribution in [0.4, 0.5) is 0 Å². The van der Waals surface area contributed by atoms with Crippen molar-refractivity contribution >= 4 is 0 Å². The Kier molecular flexibility index (Phi) is 3.38. The van der Waals surface area contributed by atoms with Crippen LogP contribution in [-0.2, 0) is 0 Å². The van der Waals surface area contributed by atoms with E-state index in [1.807, 2.05) is 0 Å². The molecule has 5 aliphatic carbocycles. The van der Waals surface area contributed by atoms with Crippen LogP contribution in [0, 0.1) is 47.3 Å². The smallest absolute Gasteiger partial charge is 0.0352 e. The summed E-state index contributed by atoms with van der Waals surface area (Å²) in [5.41, 5.74) is 0. The van der Waals surface area contributed by atoms with Gasteiger partial charge in [-0.1, -0.05) is 51.4 Å². The molecule has 21 heavy (non-hydrogen) atoms. The van der Waals surface area contributed by atoms with Gasteiger partial charge < -0.3 is 0 Å². The highest BCUT2D eigenvalue weighted by Gasteiger charge is 2.51. The standard InChI is InChI=1S/C21H34/c1-3-7-16-12-20-18(9-14(16)5-1)11-19-10-15-6-2-4-8-17(15)13-21(19)20/h14-21H,1-13H2. The maximum atomic E-state index is 1.66. The third kappa shape index (κ3) is 2.22. The Morgan fingerprint density at radius 2 is 0.667 bits per heavy atom. The average molecular weight is 287 g/mol. The van der Waals surface area contributed by atoms with Gasteiger partial charge in [0.15, 0.2) is 0 Å². The Bertz CT molecular complexity index is 349. The monoisotopic (exact) mass is 286 g/mol. The van der Waals surface area contributed by atoms with Crippen molar-refractivity contribution in [2.45, 2.75) is 83.5 Å². The number of fused-ring (bicyclic) bond motifs is 5. The van der Waals surface area contributed by atoms with Crippen molar-refractivity contribution < 1.29 is 0 Å². The molecule has 5 saturated carbocycles. The lowest BCUT2D eigenvalue weighted by Gasteiger charge is -2.46. The minimum atomic E-state index is 1.16. The predicted octanol–water partition coefficient (Wildman–Crippen LogP) is 6.06. The zero-order valence-electron chi connectivity index (χ0n) is 13.8. The fourth-order valence-electron chi connectivity index (χ4n) is 8.00. The quantitative estimate of drug-likeness (QED) is 0.508. The van der Waals surface area contributed by atoms with Gasteiger partial charge in [0.1, 0.15) is 0 Å². The topological polar surface area (TPSA) is 0 Å². The van der Waals surface area contributed by atoms with Crippen LogP contribution in [0.1, 0.15) is 83.5 Å². The van der Waals surface area contributed by atoms with Gasteiger partial charge in [-0.15, -0.1) is 0 Å². The van der Waals surface area contributed by atoms with Crippen molar-refractivity contribution in [1.82, 2.24) is 0 Å². The number of hydrogen-bond donors (Lipinski definition) is 0. The molecule has 0 bridgehead atoms. The minimum absolute atomic E-state index is 1.16. The van der Waals surface area contributed by atoms with Crippen molar-refractivity contribution in [1.29, 1.82) is 0 Å². The largest absolute Gasteiger partial charge is 0.0530 e. The van der Waals surface area contributed by atoms with Gasteiger partial charge in [-0.05, 0) is 79.4 Å². The second kappa shape index (κ2) is 5.27. The molecule has 8 unspecified atom stereocenters.